The summed E-state index contributed by atoms with van der Waals surface area (Å²) in [6, 6.07) is 10.8. The minimum atomic E-state index is -0.857. The Balaban J connectivity index is 1.83. The molecule has 23 heavy (non-hydrogen) atoms. The molecule has 0 saturated carbocycles. The van der Waals surface area contributed by atoms with Gasteiger partial charge in [0.1, 0.15) is 11.6 Å². The number of phenolic OH excluding ortho intramolecular Hbond substituents is 1. The first kappa shape index (κ1) is 16.5. The van der Waals surface area contributed by atoms with Crippen molar-refractivity contribution in [3.05, 3.63) is 59.4 Å². The summed E-state index contributed by atoms with van der Waals surface area (Å²) in [6.07, 6.45) is 0.479. The summed E-state index contributed by atoms with van der Waals surface area (Å²) in [7, 11) is 0. The van der Waals surface area contributed by atoms with Gasteiger partial charge < -0.3 is 15.7 Å². The number of amides is 2. The molecule has 0 aromatic heterocycles. The van der Waals surface area contributed by atoms with Gasteiger partial charge in [0.05, 0.1) is 0 Å². The molecule has 0 aliphatic heterocycles. The first-order chi connectivity index (χ1) is 11.0. The van der Waals surface area contributed by atoms with E-state index in [1.165, 1.54) is 12.1 Å². The van der Waals surface area contributed by atoms with E-state index in [0.29, 0.717) is 12.0 Å². The number of aromatic hydroxyl groups is 1. The summed E-state index contributed by atoms with van der Waals surface area (Å²) < 4.78 is 13.4. The molecule has 0 aliphatic rings. The lowest BCUT2D eigenvalue weighted by atomic mass is 10.1. The molecule has 2 aromatic rings. The molecule has 6 heteroatoms. The Bertz CT molecular complexity index is 732. The lowest BCUT2D eigenvalue weighted by Gasteiger charge is -2.07. The van der Waals surface area contributed by atoms with Crippen molar-refractivity contribution < 1.29 is 19.1 Å². The number of phenols is 1. The van der Waals surface area contributed by atoms with Gasteiger partial charge in [-0.15, -0.1) is 0 Å². The summed E-state index contributed by atoms with van der Waals surface area (Å²) in [5.41, 5.74) is 1.52. The van der Waals surface area contributed by atoms with E-state index in [2.05, 4.69) is 10.6 Å². The molecule has 0 fully saturated rings. The highest BCUT2D eigenvalue weighted by Gasteiger charge is 2.13. The molecule has 0 saturated heterocycles. The number of benzene rings is 2. The highest BCUT2D eigenvalue weighted by Crippen LogP contribution is 2.13. The first-order valence-corrected chi connectivity index (χ1v) is 7.09. The summed E-state index contributed by atoms with van der Waals surface area (Å²) in [5, 5.41) is 14.1. The highest BCUT2D eigenvalue weighted by atomic mass is 19.1. The van der Waals surface area contributed by atoms with Gasteiger partial charge in [0.25, 0.3) is 0 Å². The molecule has 0 unspecified atom stereocenters. The van der Waals surface area contributed by atoms with Crippen LogP contribution in [0.25, 0.3) is 0 Å². The SMILES string of the molecule is Cc1ccc(NC(=O)C(=O)NCCc2cccc(O)c2)cc1F. The number of carbonyl (C=O) groups is 2. The quantitative estimate of drug-likeness (QED) is 0.756. The fourth-order valence-electron chi connectivity index (χ4n) is 1.97. The van der Waals surface area contributed by atoms with Crippen LogP contribution in [0, 0.1) is 12.7 Å². The number of rotatable bonds is 4. The van der Waals surface area contributed by atoms with Crippen molar-refractivity contribution >= 4 is 17.5 Å². The van der Waals surface area contributed by atoms with Gasteiger partial charge in [-0.05, 0) is 48.7 Å². The summed E-state index contributed by atoms with van der Waals surface area (Å²) in [6.45, 7) is 1.85. The van der Waals surface area contributed by atoms with Crippen molar-refractivity contribution in [2.75, 3.05) is 11.9 Å². The molecule has 0 bridgehead atoms. The molecule has 0 aliphatic carbocycles. The van der Waals surface area contributed by atoms with Crippen molar-refractivity contribution in [1.29, 1.82) is 0 Å². The Morgan fingerprint density at radius 1 is 1.13 bits per heavy atom. The van der Waals surface area contributed by atoms with Gasteiger partial charge in [0.15, 0.2) is 0 Å². The maximum Gasteiger partial charge on any atom is 0.313 e. The van der Waals surface area contributed by atoms with Crippen LogP contribution in [0.4, 0.5) is 10.1 Å². The normalized spacial score (nSPS) is 10.2. The van der Waals surface area contributed by atoms with E-state index in [0.717, 1.165) is 11.6 Å². The van der Waals surface area contributed by atoms with E-state index in [1.807, 2.05) is 0 Å². The number of hydrogen-bond donors (Lipinski definition) is 3. The number of nitrogens with one attached hydrogen (secondary N) is 2. The zero-order valence-electron chi connectivity index (χ0n) is 12.6. The second-order valence-corrected chi connectivity index (χ2v) is 5.09. The highest BCUT2D eigenvalue weighted by molar-refractivity contribution is 6.39. The fourth-order valence-corrected chi connectivity index (χ4v) is 1.97. The van der Waals surface area contributed by atoms with Crippen molar-refractivity contribution in [3.8, 4) is 5.75 Å². The standard InChI is InChI=1S/C17H17FN2O3/c1-11-5-6-13(10-15(11)18)20-17(23)16(22)19-8-7-12-3-2-4-14(21)9-12/h2-6,9-10,21H,7-8H2,1H3,(H,19,22)(H,20,23). The molecular formula is C17H17FN2O3. The lowest BCUT2D eigenvalue weighted by Crippen LogP contribution is -2.36. The van der Waals surface area contributed by atoms with Crippen LogP contribution >= 0.6 is 0 Å². The summed E-state index contributed by atoms with van der Waals surface area (Å²) >= 11 is 0. The van der Waals surface area contributed by atoms with Gasteiger partial charge in [-0.1, -0.05) is 18.2 Å². The Morgan fingerprint density at radius 3 is 2.61 bits per heavy atom. The third kappa shape index (κ3) is 4.81. The minimum absolute atomic E-state index is 0.146. The molecule has 2 amide bonds. The largest absolute Gasteiger partial charge is 0.508 e. The Labute approximate surface area is 133 Å². The van der Waals surface area contributed by atoms with Crippen molar-refractivity contribution in [2.24, 2.45) is 0 Å². The van der Waals surface area contributed by atoms with Crippen molar-refractivity contribution in [1.82, 2.24) is 5.32 Å². The number of halogens is 1. The number of carbonyl (C=O) groups excluding carboxylic acids is 2. The molecule has 0 heterocycles. The molecule has 3 N–H and O–H groups in total. The summed E-state index contributed by atoms with van der Waals surface area (Å²) in [4.78, 5) is 23.4. The number of hydrogen-bond acceptors (Lipinski definition) is 3. The Kier molecular flexibility index (Phi) is 5.30. The molecular weight excluding hydrogens is 299 g/mol. The second kappa shape index (κ2) is 7.40. The van der Waals surface area contributed by atoms with Crippen molar-refractivity contribution in [3.63, 3.8) is 0 Å². The zero-order valence-corrected chi connectivity index (χ0v) is 12.6. The molecule has 0 radical (unpaired) electrons. The van der Waals surface area contributed by atoms with Crippen LogP contribution in [0.2, 0.25) is 0 Å². The van der Waals surface area contributed by atoms with Crippen LogP contribution in [0.5, 0.6) is 5.75 Å². The van der Waals surface area contributed by atoms with E-state index in [-0.39, 0.29) is 18.0 Å². The third-order valence-electron chi connectivity index (χ3n) is 3.25. The lowest BCUT2D eigenvalue weighted by molar-refractivity contribution is -0.136. The average molecular weight is 316 g/mol. The van der Waals surface area contributed by atoms with Gasteiger partial charge in [-0.3, -0.25) is 9.59 Å². The summed E-state index contributed by atoms with van der Waals surface area (Å²) in [5.74, 6) is -1.96. The molecule has 2 aromatic carbocycles. The van der Waals surface area contributed by atoms with Crippen molar-refractivity contribution in [2.45, 2.75) is 13.3 Å². The van der Waals surface area contributed by atoms with Crippen LogP contribution < -0.4 is 10.6 Å². The van der Waals surface area contributed by atoms with Gasteiger partial charge in [0.2, 0.25) is 0 Å². The first-order valence-electron chi connectivity index (χ1n) is 7.09. The van der Waals surface area contributed by atoms with E-state index in [9.17, 15) is 19.1 Å². The van der Waals surface area contributed by atoms with Gasteiger partial charge in [-0.2, -0.15) is 0 Å². The van der Waals surface area contributed by atoms with Crippen LogP contribution in [0.1, 0.15) is 11.1 Å². The maximum absolute atomic E-state index is 13.4. The molecule has 120 valence electrons. The second-order valence-electron chi connectivity index (χ2n) is 5.09. The topological polar surface area (TPSA) is 78.4 Å². The van der Waals surface area contributed by atoms with Crippen LogP contribution in [0.3, 0.4) is 0 Å². The molecule has 5 nitrogen and oxygen atoms in total. The van der Waals surface area contributed by atoms with E-state index in [1.54, 1.807) is 31.2 Å². The number of anilines is 1. The van der Waals surface area contributed by atoms with E-state index >= 15 is 0 Å². The van der Waals surface area contributed by atoms with Crippen LogP contribution in [0.15, 0.2) is 42.5 Å². The molecule has 0 atom stereocenters. The third-order valence-corrected chi connectivity index (χ3v) is 3.25. The van der Waals surface area contributed by atoms with Gasteiger partial charge in [0, 0.05) is 12.2 Å². The predicted molar refractivity (Wildman–Crippen MR) is 84.6 cm³/mol. The van der Waals surface area contributed by atoms with E-state index < -0.39 is 17.6 Å². The minimum Gasteiger partial charge on any atom is -0.508 e. The average Bonchev–Trinajstić information content (AvgIpc) is 2.51. The predicted octanol–water partition coefficient (Wildman–Crippen LogP) is 2.14. The van der Waals surface area contributed by atoms with E-state index in [4.69, 9.17) is 0 Å². The monoisotopic (exact) mass is 316 g/mol. The molecule has 2 rings (SSSR count). The fraction of sp³-hybridized carbons (Fsp3) is 0.176. The van der Waals surface area contributed by atoms with Gasteiger partial charge in [-0.25, -0.2) is 4.39 Å². The zero-order chi connectivity index (χ0) is 16.8. The Hall–Kier alpha value is -2.89. The smallest absolute Gasteiger partial charge is 0.313 e. The molecule has 0 spiro atoms. The Morgan fingerprint density at radius 2 is 1.91 bits per heavy atom. The maximum atomic E-state index is 13.4. The van der Waals surface area contributed by atoms with Crippen LogP contribution in [-0.4, -0.2) is 23.5 Å². The van der Waals surface area contributed by atoms with Gasteiger partial charge >= 0.3 is 11.8 Å². The van der Waals surface area contributed by atoms with Crippen LogP contribution in [-0.2, 0) is 16.0 Å². The number of aryl methyl sites for hydroxylation is 1.